The lowest BCUT2D eigenvalue weighted by molar-refractivity contribution is 0.0713. The van der Waals surface area contributed by atoms with E-state index in [1.807, 2.05) is 4.90 Å². The Kier molecular flexibility index (Phi) is 4.87. The predicted molar refractivity (Wildman–Crippen MR) is 81.3 cm³/mol. The fourth-order valence-electron chi connectivity index (χ4n) is 2.95. The van der Waals surface area contributed by atoms with Gasteiger partial charge in [0, 0.05) is 24.0 Å². The topological polar surface area (TPSA) is 46.3 Å². The van der Waals surface area contributed by atoms with E-state index >= 15 is 0 Å². The standard InChI is InChI=1S/C14H20N2OS.ClH/c15-11-5-3-7-16(9-11)14(17)13-8-10-4-1-2-6-12(10)18-13;/h8,11H,1-7,9,15H2;1H/t11-;/m1./s1. The summed E-state index contributed by atoms with van der Waals surface area (Å²) in [5.74, 6) is 0.199. The van der Waals surface area contributed by atoms with Crippen LogP contribution in [0, 0.1) is 0 Å². The summed E-state index contributed by atoms with van der Waals surface area (Å²) < 4.78 is 0. The Morgan fingerprint density at radius 1 is 1.32 bits per heavy atom. The van der Waals surface area contributed by atoms with Gasteiger partial charge >= 0.3 is 0 Å². The molecular weight excluding hydrogens is 280 g/mol. The van der Waals surface area contributed by atoms with Crippen molar-refractivity contribution >= 4 is 29.7 Å². The summed E-state index contributed by atoms with van der Waals surface area (Å²) in [5, 5.41) is 0. The number of nitrogens with zero attached hydrogens (tertiary/aromatic N) is 1. The van der Waals surface area contributed by atoms with Gasteiger partial charge in [0.05, 0.1) is 4.88 Å². The second-order valence-electron chi connectivity index (χ2n) is 5.42. The molecule has 1 fully saturated rings. The van der Waals surface area contributed by atoms with Crippen molar-refractivity contribution in [3.8, 4) is 0 Å². The van der Waals surface area contributed by atoms with Gasteiger partial charge in [-0.25, -0.2) is 0 Å². The number of hydrogen-bond acceptors (Lipinski definition) is 3. The molecule has 2 heterocycles. The van der Waals surface area contributed by atoms with E-state index in [4.69, 9.17) is 5.73 Å². The minimum atomic E-state index is 0. The number of carbonyl (C=O) groups excluding carboxylic acids is 1. The molecule has 1 aromatic rings. The summed E-state index contributed by atoms with van der Waals surface area (Å²) in [6.45, 7) is 1.59. The van der Waals surface area contributed by atoms with Crippen molar-refractivity contribution < 1.29 is 4.79 Å². The van der Waals surface area contributed by atoms with Gasteiger partial charge in [-0.1, -0.05) is 0 Å². The zero-order chi connectivity index (χ0) is 12.5. The van der Waals surface area contributed by atoms with Crippen LogP contribution >= 0.6 is 23.7 Å². The highest BCUT2D eigenvalue weighted by atomic mass is 35.5. The van der Waals surface area contributed by atoms with E-state index in [1.165, 1.54) is 23.3 Å². The molecule has 0 aromatic carbocycles. The highest BCUT2D eigenvalue weighted by Crippen LogP contribution is 2.30. The number of carbonyl (C=O) groups is 1. The number of aryl methyl sites for hydroxylation is 2. The minimum Gasteiger partial charge on any atom is -0.336 e. The van der Waals surface area contributed by atoms with Crippen molar-refractivity contribution in [3.63, 3.8) is 0 Å². The second-order valence-corrected chi connectivity index (χ2v) is 6.56. The highest BCUT2D eigenvalue weighted by molar-refractivity contribution is 7.14. The molecule has 0 saturated carbocycles. The summed E-state index contributed by atoms with van der Waals surface area (Å²) >= 11 is 1.71. The van der Waals surface area contributed by atoms with Crippen LogP contribution in [0.2, 0.25) is 0 Å². The molecule has 0 unspecified atom stereocenters. The Balaban J connectivity index is 0.00000133. The molecule has 1 aromatic heterocycles. The Bertz CT molecular complexity index is 437. The molecule has 0 radical (unpaired) electrons. The molecule has 1 atom stereocenters. The Morgan fingerprint density at radius 3 is 2.84 bits per heavy atom. The monoisotopic (exact) mass is 300 g/mol. The second kappa shape index (κ2) is 6.25. The lowest BCUT2D eigenvalue weighted by atomic mass is 9.99. The van der Waals surface area contributed by atoms with Crippen molar-refractivity contribution in [1.82, 2.24) is 4.90 Å². The Labute approximate surface area is 124 Å². The fraction of sp³-hybridized carbons (Fsp3) is 0.643. The number of nitrogens with two attached hydrogens (primary N) is 1. The molecular formula is C14H21ClN2OS. The third kappa shape index (κ3) is 3.12. The first-order valence-corrected chi connectivity index (χ1v) is 7.72. The van der Waals surface area contributed by atoms with Gasteiger partial charge in [0.1, 0.15) is 0 Å². The van der Waals surface area contributed by atoms with E-state index < -0.39 is 0 Å². The smallest absolute Gasteiger partial charge is 0.263 e. The first-order valence-electron chi connectivity index (χ1n) is 6.90. The van der Waals surface area contributed by atoms with Crippen LogP contribution < -0.4 is 5.73 Å². The lowest BCUT2D eigenvalue weighted by Crippen LogP contribution is -2.45. The van der Waals surface area contributed by atoms with Crippen LogP contribution in [0.25, 0.3) is 0 Å². The third-order valence-corrected chi connectivity index (χ3v) is 5.18. The van der Waals surface area contributed by atoms with Crippen LogP contribution in [0.1, 0.15) is 45.8 Å². The normalized spacial score (nSPS) is 22.6. The maximum atomic E-state index is 12.4. The number of piperidine rings is 1. The molecule has 0 bridgehead atoms. The number of halogens is 1. The van der Waals surface area contributed by atoms with Crippen molar-refractivity contribution in [1.29, 1.82) is 0 Å². The van der Waals surface area contributed by atoms with Crippen LogP contribution in [0.5, 0.6) is 0 Å². The van der Waals surface area contributed by atoms with E-state index in [1.54, 1.807) is 11.3 Å². The van der Waals surface area contributed by atoms with Gasteiger partial charge in [-0.05, 0) is 50.2 Å². The third-order valence-electron chi connectivity index (χ3n) is 3.95. The maximum Gasteiger partial charge on any atom is 0.263 e. The number of rotatable bonds is 1. The van der Waals surface area contributed by atoms with Crippen LogP contribution in [0.15, 0.2) is 6.07 Å². The largest absolute Gasteiger partial charge is 0.336 e. The molecule has 2 aliphatic rings. The van der Waals surface area contributed by atoms with Crippen molar-refractivity contribution in [2.24, 2.45) is 5.73 Å². The van der Waals surface area contributed by atoms with Crippen molar-refractivity contribution in [3.05, 3.63) is 21.4 Å². The van der Waals surface area contributed by atoms with Gasteiger partial charge in [-0.2, -0.15) is 0 Å². The maximum absolute atomic E-state index is 12.4. The summed E-state index contributed by atoms with van der Waals surface area (Å²) in [6.07, 6.45) is 6.94. The number of fused-ring (bicyclic) bond motifs is 1. The van der Waals surface area contributed by atoms with Crippen molar-refractivity contribution in [2.75, 3.05) is 13.1 Å². The SMILES string of the molecule is Cl.N[C@@H]1CCCN(C(=O)c2cc3c(s2)CCCC3)C1. The molecule has 1 saturated heterocycles. The van der Waals surface area contributed by atoms with E-state index in [2.05, 4.69) is 6.07 Å². The zero-order valence-corrected chi connectivity index (χ0v) is 12.7. The minimum absolute atomic E-state index is 0. The lowest BCUT2D eigenvalue weighted by Gasteiger charge is -2.30. The van der Waals surface area contributed by atoms with Gasteiger partial charge in [-0.15, -0.1) is 23.7 Å². The molecule has 5 heteroatoms. The molecule has 2 N–H and O–H groups in total. The van der Waals surface area contributed by atoms with Gasteiger partial charge < -0.3 is 10.6 Å². The van der Waals surface area contributed by atoms with E-state index in [0.29, 0.717) is 0 Å². The molecule has 1 aliphatic heterocycles. The van der Waals surface area contributed by atoms with E-state index in [9.17, 15) is 4.79 Å². The average Bonchev–Trinajstić information content (AvgIpc) is 2.81. The van der Waals surface area contributed by atoms with Gasteiger partial charge in [0.25, 0.3) is 5.91 Å². The van der Waals surface area contributed by atoms with E-state index in [-0.39, 0.29) is 24.4 Å². The van der Waals surface area contributed by atoms with Crippen LogP contribution in [-0.2, 0) is 12.8 Å². The highest BCUT2D eigenvalue weighted by Gasteiger charge is 2.25. The van der Waals surface area contributed by atoms with Crippen LogP contribution in [0.3, 0.4) is 0 Å². The first kappa shape index (κ1) is 14.8. The molecule has 1 aliphatic carbocycles. The summed E-state index contributed by atoms with van der Waals surface area (Å²) in [7, 11) is 0. The molecule has 106 valence electrons. The quantitative estimate of drug-likeness (QED) is 0.866. The number of amides is 1. The number of likely N-dealkylation sites (tertiary alicyclic amines) is 1. The van der Waals surface area contributed by atoms with Crippen molar-refractivity contribution in [2.45, 2.75) is 44.6 Å². The Hall–Kier alpha value is -0.580. The molecule has 0 spiro atoms. The molecule has 3 nitrogen and oxygen atoms in total. The van der Waals surface area contributed by atoms with Gasteiger partial charge in [0.2, 0.25) is 0 Å². The molecule has 1 amide bonds. The van der Waals surface area contributed by atoms with Gasteiger partial charge in [0.15, 0.2) is 0 Å². The fourth-order valence-corrected chi connectivity index (χ4v) is 4.17. The van der Waals surface area contributed by atoms with Gasteiger partial charge in [-0.3, -0.25) is 4.79 Å². The van der Waals surface area contributed by atoms with Crippen LogP contribution in [-0.4, -0.2) is 29.9 Å². The summed E-state index contributed by atoms with van der Waals surface area (Å²) in [6, 6.07) is 2.29. The van der Waals surface area contributed by atoms with E-state index in [0.717, 1.165) is 43.6 Å². The molecule has 19 heavy (non-hydrogen) atoms. The summed E-state index contributed by atoms with van der Waals surface area (Å²) in [4.78, 5) is 16.7. The van der Waals surface area contributed by atoms with Crippen LogP contribution in [0.4, 0.5) is 0 Å². The first-order chi connectivity index (χ1) is 8.74. The molecule has 3 rings (SSSR count). The zero-order valence-electron chi connectivity index (χ0n) is 11.1. The predicted octanol–water partition coefficient (Wildman–Crippen LogP) is 2.61. The number of thiophene rings is 1. The average molecular weight is 301 g/mol. The summed E-state index contributed by atoms with van der Waals surface area (Å²) in [5.41, 5.74) is 7.36. The Morgan fingerprint density at radius 2 is 2.11 bits per heavy atom. The number of hydrogen-bond donors (Lipinski definition) is 1.